The van der Waals surface area contributed by atoms with Crippen molar-refractivity contribution in [1.82, 2.24) is 0 Å². The maximum atomic E-state index is 5.62. The zero-order valence-corrected chi connectivity index (χ0v) is 16.4. The molecule has 0 unspecified atom stereocenters. The second kappa shape index (κ2) is 5.89. The SMILES string of the molecule is COc1cc(C(C)(C)C)sc1-c1cc(OC)c(C(C)(C)C)s1. The van der Waals surface area contributed by atoms with Crippen LogP contribution in [0.5, 0.6) is 11.5 Å². The van der Waals surface area contributed by atoms with Gasteiger partial charge in [-0.2, -0.15) is 0 Å². The van der Waals surface area contributed by atoms with Crippen LogP contribution in [0.25, 0.3) is 9.75 Å². The Morgan fingerprint density at radius 3 is 1.77 bits per heavy atom. The monoisotopic (exact) mass is 338 g/mol. The molecule has 2 aromatic rings. The minimum absolute atomic E-state index is 0.0750. The number of thiophene rings is 2. The minimum atomic E-state index is 0.0750. The van der Waals surface area contributed by atoms with Crippen LogP contribution in [0.3, 0.4) is 0 Å². The molecule has 0 N–H and O–H groups in total. The molecule has 2 heterocycles. The maximum absolute atomic E-state index is 5.62. The first-order chi connectivity index (χ1) is 10.1. The molecule has 0 saturated heterocycles. The molecule has 2 rings (SSSR count). The van der Waals surface area contributed by atoms with Crippen LogP contribution in [0.15, 0.2) is 12.1 Å². The Kier molecular flexibility index (Phi) is 4.65. The maximum Gasteiger partial charge on any atom is 0.138 e. The molecule has 4 heteroatoms. The molecule has 2 nitrogen and oxygen atoms in total. The summed E-state index contributed by atoms with van der Waals surface area (Å²) in [6, 6.07) is 4.31. The van der Waals surface area contributed by atoms with Crippen LogP contribution in [-0.2, 0) is 10.8 Å². The lowest BCUT2D eigenvalue weighted by Crippen LogP contribution is -2.09. The zero-order valence-electron chi connectivity index (χ0n) is 14.8. The summed E-state index contributed by atoms with van der Waals surface area (Å²) >= 11 is 3.62. The van der Waals surface area contributed by atoms with E-state index >= 15 is 0 Å². The highest BCUT2D eigenvalue weighted by atomic mass is 32.1. The van der Waals surface area contributed by atoms with Crippen LogP contribution >= 0.6 is 22.7 Å². The summed E-state index contributed by atoms with van der Waals surface area (Å²) in [5.74, 6) is 1.93. The lowest BCUT2D eigenvalue weighted by atomic mass is 9.94. The fourth-order valence-corrected chi connectivity index (χ4v) is 4.70. The number of hydrogen-bond acceptors (Lipinski definition) is 4. The van der Waals surface area contributed by atoms with E-state index in [9.17, 15) is 0 Å². The molecule has 0 spiro atoms. The highest BCUT2D eigenvalue weighted by molar-refractivity contribution is 7.22. The van der Waals surface area contributed by atoms with Crippen molar-refractivity contribution >= 4 is 22.7 Å². The standard InChI is InChI=1S/C18H26O2S2/c1-17(2,3)14-10-11(19-7)15(22-14)13-9-12(20-8)16(21-13)18(4,5)6/h9-10H,1-8H3. The Labute approximate surface area is 142 Å². The van der Waals surface area contributed by atoms with Crippen molar-refractivity contribution in [2.45, 2.75) is 52.4 Å². The van der Waals surface area contributed by atoms with Crippen molar-refractivity contribution < 1.29 is 9.47 Å². The predicted molar refractivity (Wildman–Crippen MR) is 98.1 cm³/mol. The number of methoxy groups -OCH3 is 2. The molecule has 0 aromatic carbocycles. The molecule has 122 valence electrons. The van der Waals surface area contributed by atoms with Crippen molar-refractivity contribution in [1.29, 1.82) is 0 Å². The Hall–Kier alpha value is -1.00. The summed E-state index contributed by atoms with van der Waals surface area (Å²) in [5.41, 5.74) is 0.204. The zero-order chi connectivity index (χ0) is 16.7. The molecular formula is C18H26O2S2. The van der Waals surface area contributed by atoms with E-state index in [1.807, 2.05) is 11.3 Å². The van der Waals surface area contributed by atoms with Gasteiger partial charge in [0.25, 0.3) is 0 Å². The molecule has 2 aromatic heterocycles. The number of rotatable bonds is 3. The van der Waals surface area contributed by atoms with Crippen molar-refractivity contribution in [2.75, 3.05) is 14.2 Å². The largest absolute Gasteiger partial charge is 0.496 e. The first kappa shape index (κ1) is 17.4. The lowest BCUT2D eigenvalue weighted by Gasteiger charge is -2.17. The Bertz CT molecular complexity index is 652. The molecule has 22 heavy (non-hydrogen) atoms. The second-order valence-electron chi connectivity index (χ2n) is 7.52. The molecule has 0 aliphatic rings. The van der Waals surface area contributed by atoms with Gasteiger partial charge in [-0.25, -0.2) is 0 Å². The molecule has 0 atom stereocenters. The van der Waals surface area contributed by atoms with Gasteiger partial charge in [-0.3, -0.25) is 0 Å². The topological polar surface area (TPSA) is 18.5 Å². The van der Waals surface area contributed by atoms with E-state index in [0.717, 1.165) is 11.5 Å². The second-order valence-corrected chi connectivity index (χ2v) is 9.62. The van der Waals surface area contributed by atoms with Gasteiger partial charge in [0.2, 0.25) is 0 Å². The summed E-state index contributed by atoms with van der Waals surface area (Å²) in [4.78, 5) is 5.03. The molecule has 0 aliphatic carbocycles. The fourth-order valence-electron chi connectivity index (χ4n) is 2.23. The van der Waals surface area contributed by atoms with Gasteiger partial charge in [-0.1, -0.05) is 41.5 Å². The van der Waals surface area contributed by atoms with Gasteiger partial charge in [-0.15, -0.1) is 22.7 Å². The smallest absolute Gasteiger partial charge is 0.138 e. The lowest BCUT2D eigenvalue weighted by molar-refractivity contribution is 0.402. The third kappa shape index (κ3) is 3.33. The molecule has 0 fully saturated rings. The Morgan fingerprint density at radius 1 is 0.773 bits per heavy atom. The Balaban J connectivity index is 2.57. The average molecular weight is 339 g/mol. The van der Waals surface area contributed by atoms with Crippen molar-refractivity contribution in [3.05, 3.63) is 21.9 Å². The Morgan fingerprint density at radius 2 is 1.36 bits per heavy atom. The van der Waals surface area contributed by atoms with Gasteiger partial charge < -0.3 is 9.47 Å². The third-order valence-corrected chi connectivity index (χ3v) is 6.74. The van der Waals surface area contributed by atoms with E-state index in [0.29, 0.717) is 0 Å². The fraction of sp³-hybridized carbons (Fsp3) is 0.556. The highest BCUT2D eigenvalue weighted by Gasteiger charge is 2.26. The summed E-state index contributed by atoms with van der Waals surface area (Å²) < 4.78 is 11.2. The summed E-state index contributed by atoms with van der Waals surface area (Å²) in [6.07, 6.45) is 0. The molecule has 0 amide bonds. The van der Waals surface area contributed by atoms with Crippen LogP contribution < -0.4 is 9.47 Å². The van der Waals surface area contributed by atoms with E-state index in [1.54, 1.807) is 25.6 Å². The predicted octanol–water partition coefficient (Wildman–Crippen LogP) is 6.09. The van der Waals surface area contributed by atoms with Crippen molar-refractivity contribution in [2.24, 2.45) is 0 Å². The summed E-state index contributed by atoms with van der Waals surface area (Å²) in [7, 11) is 3.49. The van der Waals surface area contributed by atoms with E-state index in [2.05, 4.69) is 53.7 Å². The van der Waals surface area contributed by atoms with Crippen molar-refractivity contribution in [3.63, 3.8) is 0 Å². The molecule has 0 bridgehead atoms. The number of ether oxygens (including phenoxy) is 2. The third-order valence-electron chi connectivity index (χ3n) is 3.48. The first-order valence-electron chi connectivity index (χ1n) is 7.45. The van der Waals surface area contributed by atoms with Crippen LogP contribution in [0.1, 0.15) is 51.3 Å². The molecule has 0 radical (unpaired) electrons. The summed E-state index contributed by atoms with van der Waals surface area (Å²) in [6.45, 7) is 13.4. The normalized spacial score (nSPS) is 12.5. The van der Waals surface area contributed by atoms with E-state index in [-0.39, 0.29) is 10.8 Å². The van der Waals surface area contributed by atoms with E-state index in [1.165, 1.54) is 19.5 Å². The van der Waals surface area contributed by atoms with Crippen LogP contribution in [0.4, 0.5) is 0 Å². The van der Waals surface area contributed by atoms with E-state index < -0.39 is 0 Å². The van der Waals surface area contributed by atoms with Gasteiger partial charge in [0.05, 0.1) is 28.9 Å². The average Bonchev–Trinajstić information content (AvgIpc) is 3.00. The first-order valence-corrected chi connectivity index (χ1v) is 9.08. The number of hydrogen-bond donors (Lipinski definition) is 0. The minimum Gasteiger partial charge on any atom is -0.496 e. The molecule has 0 saturated carbocycles. The molecular weight excluding hydrogens is 312 g/mol. The van der Waals surface area contributed by atoms with Gasteiger partial charge in [0.15, 0.2) is 0 Å². The van der Waals surface area contributed by atoms with Gasteiger partial charge in [-0.05, 0) is 16.9 Å². The van der Waals surface area contributed by atoms with Gasteiger partial charge in [0.1, 0.15) is 11.5 Å². The van der Waals surface area contributed by atoms with Gasteiger partial charge in [0, 0.05) is 10.9 Å². The van der Waals surface area contributed by atoms with Crippen LogP contribution in [-0.4, -0.2) is 14.2 Å². The van der Waals surface area contributed by atoms with Crippen LogP contribution in [0, 0.1) is 0 Å². The summed E-state index contributed by atoms with van der Waals surface area (Å²) in [5, 5.41) is 0. The van der Waals surface area contributed by atoms with Gasteiger partial charge >= 0.3 is 0 Å². The van der Waals surface area contributed by atoms with Crippen molar-refractivity contribution in [3.8, 4) is 21.3 Å². The quantitative estimate of drug-likeness (QED) is 0.674. The van der Waals surface area contributed by atoms with Crippen LogP contribution in [0.2, 0.25) is 0 Å². The van der Waals surface area contributed by atoms with E-state index in [4.69, 9.17) is 9.47 Å². The highest BCUT2D eigenvalue weighted by Crippen LogP contribution is 2.49. The molecule has 0 aliphatic heterocycles.